The van der Waals surface area contributed by atoms with Crippen LogP contribution in [0.2, 0.25) is 0 Å². The average molecular weight is 303 g/mol. The highest BCUT2D eigenvalue weighted by molar-refractivity contribution is 5.86. The molecule has 1 fully saturated rings. The number of cyclic esters (lactones) is 1. The van der Waals surface area contributed by atoms with E-state index in [1.165, 1.54) is 12.0 Å². The van der Waals surface area contributed by atoms with Gasteiger partial charge < -0.3 is 14.2 Å². The summed E-state index contributed by atoms with van der Waals surface area (Å²) in [6.45, 7) is 0.797. The van der Waals surface area contributed by atoms with Crippen LogP contribution in [0.4, 0.5) is 4.79 Å². The van der Waals surface area contributed by atoms with Gasteiger partial charge in [0.1, 0.15) is 6.61 Å². The van der Waals surface area contributed by atoms with Crippen molar-refractivity contribution in [2.45, 2.75) is 18.6 Å². The third-order valence-corrected chi connectivity index (χ3v) is 3.83. The quantitative estimate of drug-likeness (QED) is 0.799. The number of hydrogen-bond donors (Lipinski definition) is 0. The van der Waals surface area contributed by atoms with Gasteiger partial charge in [-0.2, -0.15) is 0 Å². The Hall–Kier alpha value is -2.50. The molecule has 0 N–H and O–H groups in total. The maximum atomic E-state index is 11.8. The van der Waals surface area contributed by atoms with Crippen molar-refractivity contribution in [1.82, 2.24) is 4.90 Å². The number of nitrogens with zero attached hydrogens (tertiary/aromatic N) is 1. The second kappa shape index (κ2) is 6.09. The first-order chi connectivity index (χ1) is 10.7. The molecule has 22 heavy (non-hydrogen) atoms. The van der Waals surface area contributed by atoms with Crippen LogP contribution in [0.15, 0.2) is 42.2 Å². The summed E-state index contributed by atoms with van der Waals surface area (Å²) in [7, 11) is 1.30. The van der Waals surface area contributed by atoms with E-state index in [1.807, 2.05) is 30.3 Å². The molecule has 2 heterocycles. The lowest BCUT2D eigenvalue weighted by molar-refractivity contribution is -0.144. The Morgan fingerprint density at radius 3 is 2.73 bits per heavy atom. The molecule has 0 unspecified atom stereocenters. The number of carbonyl (C=O) groups is 2. The van der Waals surface area contributed by atoms with Crippen molar-refractivity contribution in [2.24, 2.45) is 0 Å². The predicted octanol–water partition coefficient (Wildman–Crippen LogP) is 2.03. The molecule has 1 amide bonds. The van der Waals surface area contributed by atoms with E-state index in [4.69, 9.17) is 14.2 Å². The summed E-state index contributed by atoms with van der Waals surface area (Å²) >= 11 is 0. The highest BCUT2D eigenvalue weighted by Crippen LogP contribution is 2.33. The minimum atomic E-state index is -0.543. The fourth-order valence-corrected chi connectivity index (χ4v) is 2.71. The first-order valence-electron chi connectivity index (χ1n) is 7.14. The normalized spacial score (nSPS) is 24.3. The topological polar surface area (TPSA) is 65.1 Å². The van der Waals surface area contributed by atoms with Crippen LogP contribution in [0, 0.1) is 0 Å². The van der Waals surface area contributed by atoms with Crippen molar-refractivity contribution in [3.63, 3.8) is 0 Å². The molecule has 2 atom stereocenters. The van der Waals surface area contributed by atoms with Crippen molar-refractivity contribution in [3.05, 3.63) is 47.7 Å². The van der Waals surface area contributed by atoms with E-state index < -0.39 is 18.3 Å². The lowest BCUT2D eigenvalue weighted by atomic mass is 9.92. The molecule has 116 valence electrons. The number of allylic oxidation sites excluding steroid dienone is 1. The number of methoxy groups -OCH3 is 1. The van der Waals surface area contributed by atoms with Gasteiger partial charge >= 0.3 is 12.1 Å². The number of carbonyl (C=O) groups excluding carboxylic acids is 2. The molecular weight excluding hydrogens is 286 g/mol. The number of rotatable bonds is 3. The summed E-state index contributed by atoms with van der Waals surface area (Å²) < 4.78 is 15.4. The first-order valence-corrected chi connectivity index (χ1v) is 7.14. The monoisotopic (exact) mass is 303 g/mol. The minimum absolute atomic E-state index is 0.0255. The van der Waals surface area contributed by atoms with Crippen LogP contribution >= 0.6 is 0 Å². The first kappa shape index (κ1) is 14.4. The molecular formula is C16H17NO5. The summed E-state index contributed by atoms with van der Waals surface area (Å²) in [6, 6.07) is 9.79. The highest BCUT2D eigenvalue weighted by atomic mass is 16.6. The second-order valence-electron chi connectivity index (χ2n) is 5.16. The largest absolute Gasteiger partial charge is 0.463 e. The van der Waals surface area contributed by atoms with Crippen LogP contribution < -0.4 is 0 Å². The molecule has 0 radical (unpaired) electrons. The number of hydrogen-bond acceptors (Lipinski definition) is 5. The maximum absolute atomic E-state index is 11.8. The van der Waals surface area contributed by atoms with E-state index in [-0.39, 0.29) is 11.7 Å². The summed E-state index contributed by atoms with van der Waals surface area (Å²) in [5.41, 5.74) is 1.06. The summed E-state index contributed by atoms with van der Waals surface area (Å²) in [4.78, 5) is 25.1. The van der Waals surface area contributed by atoms with Gasteiger partial charge in [-0.3, -0.25) is 4.90 Å². The minimum Gasteiger partial charge on any atom is -0.463 e. The van der Waals surface area contributed by atoms with E-state index >= 15 is 0 Å². The molecule has 0 saturated carbocycles. The molecule has 0 spiro atoms. The number of ether oxygens (including phenoxy) is 3. The van der Waals surface area contributed by atoms with Crippen molar-refractivity contribution in [1.29, 1.82) is 0 Å². The predicted molar refractivity (Wildman–Crippen MR) is 76.8 cm³/mol. The standard InChI is InChI=1S/C16H17NO5/c1-20-15(18)13-9-12(11-5-3-2-4-6-11)10-14(22-13)17-7-8-21-16(17)19/h2-6,9,12,14H,7-8,10H2,1H3/t12-,14-/m0/s1. The Balaban J connectivity index is 1.88. The Bertz CT molecular complexity index is 598. The number of esters is 1. The van der Waals surface area contributed by atoms with Gasteiger partial charge in [-0.1, -0.05) is 30.3 Å². The molecule has 3 rings (SSSR count). The molecule has 1 aromatic rings. The molecule has 1 aromatic carbocycles. The summed E-state index contributed by atoms with van der Waals surface area (Å²) in [5, 5.41) is 0. The molecule has 2 aliphatic heterocycles. The van der Waals surface area contributed by atoms with E-state index in [1.54, 1.807) is 6.08 Å². The fraction of sp³-hybridized carbons (Fsp3) is 0.375. The third kappa shape index (κ3) is 2.77. The molecule has 6 heteroatoms. The van der Waals surface area contributed by atoms with Crippen LogP contribution in [-0.4, -0.2) is 43.5 Å². The van der Waals surface area contributed by atoms with Crippen molar-refractivity contribution in [2.75, 3.05) is 20.3 Å². The second-order valence-corrected chi connectivity index (χ2v) is 5.16. The average Bonchev–Trinajstić information content (AvgIpc) is 3.00. The summed E-state index contributed by atoms with van der Waals surface area (Å²) in [6.07, 6.45) is 1.38. The molecule has 0 bridgehead atoms. The lowest BCUT2D eigenvalue weighted by Crippen LogP contribution is -2.41. The van der Waals surface area contributed by atoms with Crippen LogP contribution in [-0.2, 0) is 19.0 Å². The van der Waals surface area contributed by atoms with Gasteiger partial charge in [0.25, 0.3) is 0 Å². The van der Waals surface area contributed by atoms with E-state index in [9.17, 15) is 9.59 Å². The molecule has 2 aliphatic rings. The van der Waals surface area contributed by atoms with Crippen LogP contribution in [0.25, 0.3) is 0 Å². The van der Waals surface area contributed by atoms with Crippen LogP contribution in [0.5, 0.6) is 0 Å². The van der Waals surface area contributed by atoms with Crippen molar-refractivity contribution in [3.8, 4) is 0 Å². The van der Waals surface area contributed by atoms with E-state index in [0.29, 0.717) is 19.6 Å². The SMILES string of the molecule is COC(=O)C1=C[C@H](c2ccccc2)C[C@@H](N2CCOC2=O)O1. The van der Waals surface area contributed by atoms with Crippen molar-refractivity contribution >= 4 is 12.1 Å². The Kier molecular flexibility index (Phi) is 4.00. The van der Waals surface area contributed by atoms with Crippen LogP contribution in [0.1, 0.15) is 17.9 Å². The van der Waals surface area contributed by atoms with Gasteiger partial charge in [0.2, 0.25) is 5.76 Å². The van der Waals surface area contributed by atoms with Gasteiger partial charge in [0.15, 0.2) is 6.23 Å². The Morgan fingerprint density at radius 2 is 2.09 bits per heavy atom. The molecule has 0 aromatic heterocycles. The number of amides is 1. The van der Waals surface area contributed by atoms with Gasteiger partial charge in [-0.15, -0.1) is 0 Å². The van der Waals surface area contributed by atoms with E-state index in [2.05, 4.69) is 0 Å². The molecule has 6 nitrogen and oxygen atoms in total. The Labute approximate surface area is 128 Å². The Morgan fingerprint density at radius 1 is 1.32 bits per heavy atom. The maximum Gasteiger partial charge on any atom is 0.412 e. The van der Waals surface area contributed by atoms with Gasteiger partial charge in [0.05, 0.1) is 13.7 Å². The number of benzene rings is 1. The fourth-order valence-electron chi connectivity index (χ4n) is 2.71. The van der Waals surface area contributed by atoms with Gasteiger partial charge in [-0.25, -0.2) is 9.59 Å². The van der Waals surface area contributed by atoms with Gasteiger partial charge in [-0.05, 0) is 11.6 Å². The zero-order valence-corrected chi connectivity index (χ0v) is 12.2. The molecule has 0 aliphatic carbocycles. The van der Waals surface area contributed by atoms with E-state index in [0.717, 1.165) is 5.56 Å². The third-order valence-electron chi connectivity index (χ3n) is 3.83. The summed E-state index contributed by atoms with van der Waals surface area (Å²) in [5.74, 6) is -0.437. The van der Waals surface area contributed by atoms with Crippen molar-refractivity contribution < 1.29 is 23.8 Å². The molecule has 1 saturated heterocycles. The smallest absolute Gasteiger partial charge is 0.412 e. The van der Waals surface area contributed by atoms with Crippen LogP contribution in [0.3, 0.4) is 0 Å². The zero-order chi connectivity index (χ0) is 15.5. The highest BCUT2D eigenvalue weighted by Gasteiger charge is 2.37. The lowest BCUT2D eigenvalue weighted by Gasteiger charge is -2.33. The van der Waals surface area contributed by atoms with Gasteiger partial charge in [0, 0.05) is 12.3 Å². The zero-order valence-electron chi connectivity index (χ0n) is 12.2.